The van der Waals surface area contributed by atoms with Gasteiger partial charge in [0, 0.05) is 12.0 Å². The summed E-state index contributed by atoms with van der Waals surface area (Å²) < 4.78 is 7.79. The Bertz CT molecular complexity index is 1810. The van der Waals surface area contributed by atoms with Crippen LogP contribution < -0.4 is 27.3 Å². The maximum absolute atomic E-state index is 13.7. The Labute approximate surface area is 242 Å². The molecule has 2 aromatic heterocycles. The molecular formula is C31H34N6O5. The fourth-order valence-corrected chi connectivity index (χ4v) is 5.88. The van der Waals surface area contributed by atoms with Crippen molar-refractivity contribution < 1.29 is 9.53 Å². The van der Waals surface area contributed by atoms with Gasteiger partial charge in [-0.15, -0.1) is 0 Å². The van der Waals surface area contributed by atoms with Gasteiger partial charge >= 0.3 is 5.69 Å². The summed E-state index contributed by atoms with van der Waals surface area (Å²) in [6, 6.07) is 13.1. The van der Waals surface area contributed by atoms with Crippen molar-refractivity contribution in [1.82, 2.24) is 24.5 Å². The molecule has 1 aliphatic carbocycles. The summed E-state index contributed by atoms with van der Waals surface area (Å²) in [4.78, 5) is 51.8. The molecular weight excluding hydrogens is 536 g/mol. The lowest BCUT2D eigenvalue weighted by Crippen LogP contribution is -2.37. The first-order chi connectivity index (χ1) is 20.0. The molecule has 2 atom stereocenters. The van der Waals surface area contributed by atoms with Crippen molar-refractivity contribution in [2.45, 2.75) is 58.9 Å². The Balaban J connectivity index is 1.55. The van der Waals surface area contributed by atoms with Crippen LogP contribution in [0.2, 0.25) is 0 Å². The minimum Gasteiger partial charge on any atom is -0.497 e. The third-order valence-electron chi connectivity index (χ3n) is 8.15. The van der Waals surface area contributed by atoms with E-state index in [1.165, 1.54) is 0 Å². The van der Waals surface area contributed by atoms with Crippen LogP contribution in [0.5, 0.6) is 5.75 Å². The number of aromatic amines is 1. The molecule has 3 N–H and O–H groups in total. The van der Waals surface area contributed by atoms with Crippen molar-refractivity contribution in [3.63, 3.8) is 0 Å². The smallest absolute Gasteiger partial charge is 0.349 e. The zero-order valence-electron chi connectivity index (χ0n) is 24.1. The molecule has 1 saturated carbocycles. The van der Waals surface area contributed by atoms with E-state index in [1.807, 2.05) is 44.2 Å². The second kappa shape index (κ2) is 11.6. The molecule has 2 aromatic carbocycles. The number of nitrogens with one attached hydrogen (secondary N) is 1. The van der Waals surface area contributed by atoms with Crippen LogP contribution >= 0.6 is 0 Å². The minimum absolute atomic E-state index is 0.0640. The highest BCUT2D eigenvalue weighted by Gasteiger charge is 2.28. The summed E-state index contributed by atoms with van der Waals surface area (Å²) in [6.07, 6.45) is 3.63. The van der Waals surface area contributed by atoms with E-state index in [2.05, 4.69) is 17.0 Å². The molecule has 1 amide bonds. The predicted octanol–water partition coefficient (Wildman–Crippen LogP) is 2.74. The number of H-pyrrole nitrogens is 1. The van der Waals surface area contributed by atoms with Crippen LogP contribution in [0.25, 0.3) is 5.69 Å². The van der Waals surface area contributed by atoms with E-state index in [-0.39, 0.29) is 11.5 Å². The highest BCUT2D eigenvalue weighted by Crippen LogP contribution is 2.38. The Kier molecular flexibility index (Phi) is 7.93. The van der Waals surface area contributed by atoms with Crippen molar-refractivity contribution in [3.05, 3.63) is 113 Å². The molecule has 11 heteroatoms. The molecule has 1 fully saturated rings. The number of aromatic nitrogens is 5. The summed E-state index contributed by atoms with van der Waals surface area (Å²) in [5, 5.41) is 8.69. The fraction of sp³-hybridized carbons (Fsp3) is 0.355. The third-order valence-corrected chi connectivity index (χ3v) is 8.15. The van der Waals surface area contributed by atoms with Crippen LogP contribution in [0, 0.1) is 19.8 Å². The number of ether oxygens (including phenoxy) is 1. The van der Waals surface area contributed by atoms with E-state index in [0.29, 0.717) is 24.6 Å². The first-order valence-electron chi connectivity index (χ1n) is 13.9. The Morgan fingerprint density at radius 3 is 2.33 bits per heavy atom. The van der Waals surface area contributed by atoms with Crippen LogP contribution in [-0.2, 0) is 13.0 Å². The highest BCUT2D eigenvalue weighted by molar-refractivity contribution is 5.90. The first kappa shape index (κ1) is 28.7. The molecule has 0 spiro atoms. The average molecular weight is 571 g/mol. The lowest BCUT2D eigenvalue weighted by atomic mass is 9.90. The lowest BCUT2D eigenvalue weighted by molar-refractivity contribution is 0.0992. The predicted molar refractivity (Wildman–Crippen MR) is 158 cm³/mol. The molecule has 42 heavy (non-hydrogen) atoms. The largest absolute Gasteiger partial charge is 0.497 e. The Morgan fingerprint density at radius 2 is 1.74 bits per heavy atom. The number of carbonyl (C=O) groups excluding carboxylic acids is 1. The van der Waals surface area contributed by atoms with Crippen LogP contribution in [0.3, 0.4) is 0 Å². The van der Waals surface area contributed by atoms with Crippen LogP contribution in [-0.4, -0.2) is 37.6 Å². The monoisotopic (exact) mass is 570 g/mol. The van der Waals surface area contributed by atoms with Gasteiger partial charge in [0.1, 0.15) is 5.75 Å². The van der Waals surface area contributed by atoms with Gasteiger partial charge < -0.3 is 10.5 Å². The molecule has 5 rings (SSSR count). The highest BCUT2D eigenvalue weighted by atomic mass is 16.5. The Morgan fingerprint density at radius 1 is 1.05 bits per heavy atom. The zero-order valence-corrected chi connectivity index (χ0v) is 24.1. The Hall–Kier alpha value is -4.80. The van der Waals surface area contributed by atoms with Crippen LogP contribution in [0.15, 0.2) is 56.8 Å². The van der Waals surface area contributed by atoms with Gasteiger partial charge in [-0.1, -0.05) is 31.9 Å². The number of nitrogens with zero attached hydrogens (tertiary/aromatic N) is 4. The van der Waals surface area contributed by atoms with E-state index >= 15 is 0 Å². The van der Waals surface area contributed by atoms with Gasteiger partial charge in [-0.05, 0) is 84.7 Å². The second-order valence-corrected chi connectivity index (χ2v) is 11.0. The van der Waals surface area contributed by atoms with Crippen molar-refractivity contribution in [3.8, 4) is 11.4 Å². The number of nitrogens with two attached hydrogens (primary N) is 1. The summed E-state index contributed by atoms with van der Waals surface area (Å²) in [5.41, 5.74) is 8.53. The fourth-order valence-electron chi connectivity index (χ4n) is 5.88. The topological polar surface area (TPSA) is 155 Å². The molecule has 0 radical (unpaired) electrons. The van der Waals surface area contributed by atoms with Gasteiger partial charge in [-0.2, -0.15) is 14.9 Å². The summed E-state index contributed by atoms with van der Waals surface area (Å²) in [7, 11) is 1.61. The SMILES string of the molecule is COc1ccc(Cn2nc(Cc3c(C)cc(-n4nc(C(N)=O)c(=O)[nH]c4=O)cc3C)cc(C3CCCC3C)c2=O)cc1. The van der Waals surface area contributed by atoms with Gasteiger partial charge in [0.15, 0.2) is 0 Å². The van der Waals surface area contributed by atoms with Gasteiger partial charge in [0.25, 0.3) is 17.0 Å². The third kappa shape index (κ3) is 5.67. The van der Waals surface area contributed by atoms with Crippen molar-refractivity contribution in [1.29, 1.82) is 0 Å². The van der Waals surface area contributed by atoms with Crippen LogP contribution in [0.4, 0.5) is 0 Å². The van der Waals surface area contributed by atoms with E-state index in [1.54, 1.807) is 23.9 Å². The molecule has 11 nitrogen and oxygen atoms in total. The molecule has 4 aromatic rings. The summed E-state index contributed by atoms with van der Waals surface area (Å²) >= 11 is 0. The number of benzene rings is 2. The quantitative estimate of drug-likeness (QED) is 0.330. The van der Waals surface area contributed by atoms with Gasteiger partial charge in [0.2, 0.25) is 5.69 Å². The molecule has 0 bridgehead atoms. The van der Waals surface area contributed by atoms with Crippen LogP contribution in [0.1, 0.15) is 76.1 Å². The van der Waals surface area contributed by atoms with E-state index in [4.69, 9.17) is 15.6 Å². The number of aryl methyl sites for hydroxylation is 2. The molecule has 1 aliphatic rings. The number of methoxy groups -OCH3 is 1. The van der Waals surface area contributed by atoms with E-state index < -0.39 is 22.9 Å². The number of primary amides is 1. The average Bonchev–Trinajstić information content (AvgIpc) is 3.37. The normalized spacial score (nSPS) is 16.5. The van der Waals surface area contributed by atoms with Gasteiger partial charge in [0.05, 0.1) is 25.0 Å². The number of rotatable bonds is 8. The van der Waals surface area contributed by atoms with Gasteiger partial charge in [-0.25, -0.2) is 9.48 Å². The standard InChI is InChI=1S/C31H34N6O5/c1-17-6-5-7-24(17)26-15-21(34-36(30(26)40)16-20-8-10-23(42-4)11-9-20)14-25-18(2)12-22(13-19(25)3)37-31(41)33-29(39)27(35-37)28(32)38/h8-13,15,17,24H,5-7,14,16H2,1-4H3,(H2,32,38)(H,33,39,41). The molecule has 0 aliphatic heterocycles. The first-order valence-corrected chi connectivity index (χ1v) is 13.9. The minimum atomic E-state index is -1.03. The van der Waals surface area contributed by atoms with Crippen molar-refractivity contribution >= 4 is 5.91 Å². The molecule has 218 valence electrons. The van der Waals surface area contributed by atoms with Gasteiger partial charge in [-0.3, -0.25) is 19.4 Å². The number of hydrogen-bond donors (Lipinski definition) is 2. The zero-order chi connectivity index (χ0) is 30.1. The summed E-state index contributed by atoms with van der Waals surface area (Å²) in [5.74, 6) is 0.313. The number of hydrogen-bond acceptors (Lipinski definition) is 7. The van der Waals surface area contributed by atoms with Crippen molar-refractivity contribution in [2.24, 2.45) is 11.7 Å². The number of amides is 1. The maximum Gasteiger partial charge on any atom is 0.349 e. The maximum atomic E-state index is 13.7. The number of carbonyl (C=O) groups is 1. The lowest BCUT2D eigenvalue weighted by Gasteiger charge is -2.19. The second-order valence-electron chi connectivity index (χ2n) is 11.0. The molecule has 0 saturated heterocycles. The molecule has 2 unspecified atom stereocenters. The van der Waals surface area contributed by atoms with Crippen molar-refractivity contribution in [2.75, 3.05) is 7.11 Å². The summed E-state index contributed by atoms with van der Waals surface area (Å²) in [6.45, 7) is 6.36. The van der Waals surface area contributed by atoms with E-state index in [0.717, 1.165) is 63.2 Å². The molecule has 2 heterocycles. The van der Waals surface area contributed by atoms with E-state index in [9.17, 15) is 19.2 Å².